The van der Waals surface area contributed by atoms with Crippen LogP contribution in [0.3, 0.4) is 0 Å². The highest BCUT2D eigenvalue weighted by Gasteiger charge is 2.37. The summed E-state index contributed by atoms with van der Waals surface area (Å²) < 4.78 is 19.6. The van der Waals surface area contributed by atoms with Crippen LogP contribution in [-0.4, -0.2) is 24.3 Å². The van der Waals surface area contributed by atoms with E-state index >= 15 is 0 Å². The van der Waals surface area contributed by atoms with E-state index in [4.69, 9.17) is 19.2 Å². The predicted octanol–water partition coefficient (Wildman–Crippen LogP) is 6.55. The van der Waals surface area contributed by atoms with Crippen molar-refractivity contribution < 1.29 is 19.0 Å². The van der Waals surface area contributed by atoms with E-state index in [0.717, 1.165) is 27.5 Å². The van der Waals surface area contributed by atoms with Crippen LogP contribution < -0.4 is 24.4 Å². The number of nitrogens with zero attached hydrogens (tertiary/aromatic N) is 3. The highest BCUT2D eigenvalue weighted by Crippen LogP contribution is 2.42. The summed E-state index contributed by atoms with van der Waals surface area (Å²) in [7, 11) is 1.58. The van der Waals surface area contributed by atoms with Gasteiger partial charge in [0.2, 0.25) is 0 Å². The van der Waals surface area contributed by atoms with Crippen LogP contribution in [0, 0.1) is 11.3 Å². The first-order valence-corrected chi connectivity index (χ1v) is 16.9. The molecule has 0 N–H and O–H groups in total. The van der Waals surface area contributed by atoms with Gasteiger partial charge >= 0.3 is 5.97 Å². The average molecular weight is 678 g/mol. The Balaban J connectivity index is 1.39. The quantitative estimate of drug-likeness (QED) is 0.161. The van der Waals surface area contributed by atoms with E-state index in [1.807, 2.05) is 115 Å². The number of carbonyl (C=O) groups is 1. The lowest BCUT2D eigenvalue weighted by molar-refractivity contribution is -0.138. The third-order valence-corrected chi connectivity index (χ3v) is 9.49. The van der Waals surface area contributed by atoms with Crippen molar-refractivity contribution in [1.29, 1.82) is 5.26 Å². The van der Waals surface area contributed by atoms with Gasteiger partial charge in [0.05, 0.1) is 41.2 Å². The number of ether oxygens (including phenoxy) is 3. The first-order chi connectivity index (χ1) is 24.5. The lowest BCUT2D eigenvalue weighted by atomic mass is 9.89. The fourth-order valence-corrected chi connectivity index (χ4v) is 7.18. The topological polar surface area (TPSA) is 103 Å². The molecule has 0 radical (unpaired) electrons. The summed E-state index contributed by atoms with van der Waals surface area (Å²) in [5.41, 5.74) is 3.95. The highest BCUT2D eigenvalue weighted by atomic mass is 32.1. The molecular formula is C41H31N3O5S. The number of thiazole rings is 1. The zero-order chi connectivity index (χ0) is 34.6. The Bertz CT molecular complexity index is 2490. The molecule has 1 aromatic heterocycles. The second kappa shape index (κ2) is 14.1. The molecule has 0 fully saturated rings. The van der Waals surface area contributed by atoms with Crippen LogP contribution in [0.1, 0.15) is 40.8 Å². The number of hydrogen-bond acceptors (Lipinski definition) is 8. The summed E-state index contributed by atoms with van der Waals surface area (Å²) in [6, 6.07) is 37.1. The standard InChI is InChI=1S/C41H31N3O5S/c1-3-48-40(46)36-37(28-12-5-4-6-13-28)43-41-44(38(36)35-32-16-10-9-11-27(32)19-22-33(35)47-2)39(45)34(50-41)23-26-17-20-31(21-18-26)49-25-30-15-8-7-14-29(30)24-42/h4-23,38H,3,25H2,1-2H3/b34-23-. The minimum atomic E-state index is -0.893. The van der Waals surface area contributed by atoms with E-state index < -0.39 is 12.0 Å². The summed E-state index contributed by atoms with van der Waals surface area (Å²) in [5.74, 6) is 0.607. The fourth-order valence-electron chi connectivity index (χ4n) is 6.18. The van der Waals surface area contributed by atoms with Crippen molar-refractivity contribution in [2.75, 3.05) is 13.7 Å². The molecule has 1 atom stereocenters. The smallest absolute Gasteiger partial charge is 0.338 e. The van der Waals surface area contributed by atoms with Crippen molar-refractivity contribution in [3.63, 3.8) is 0 Å². The van der Waals surface area contributed by atoms with Crippen LogP contribution in [0.5, 0.6) is 11.5 Å². The molecule has 1 aliphatic rings. The van der Waals surface area contributed by atoms with Gasteiger partial charge in [-0.15, -0.1) is 0 Å². The van der Waals surface area contributed by atoms with Gasteiger partial charge in [0.25, 0.3) is 5.56 Å². The molecular weight excluding hydrogens is 647 g/mol. The van der Waals surface area contributed by atoms with Crippen LogP contribution in [0.15, 0.2) is 131 Å². The van der Waals surface area contributed by atoms with Crippen LogP contribution in [0.25, 0.3) is 22.5 Å². The maximum absolute atomic E-state index is 14.5. The van der Waals surface area contributed by atoms with Crippen molar-refractivity contribution in [3.8, 4) is 17.6 Å². The van der Waals surface area contributed by atoms with Gasteiger partial charge in [0.1, 0.15) is 24.1 Å². The minimum absolute atomic E-state index is 0.152. The molecule has 0 saturated heterocycles. The van der Waals surface area contributed by atoms with Gasteiger partial charge in [-0.2, -0.15) is 5.26 Å². The van der Waals surface area contributed by atoms with E-state index in [1.54, 1.807) is 24.7 Å². The molecule has 7 rings (SSSR count). The molecule has 0 amide bonds. The lowest BCUT2D eigenvalue weighted by Crippen LogP contribution is -2.40. The van der Waals surface area contributed by atoms with Crippen molar-refractivity contribution in [2.24, 2.45) is 4.99 Å². The van der Waals surface area contributed by atoms with Gasteiger partial charge < -0.3 is 14.2 Å². The molecule has 0 saturated carbocycles. The van der Waals surface area contributed by atoms with Gasteiger partial charge in [-0.05, 0) is 53.6 Å². The Kier molecular flexibility index (Phi) is 9.10. The maximum Gasteiger partial charge on any atom is 0.338 e. The number of fused-ring (bicyclic) bond motifs is 2. The Labute approximate surface area is 292 Å². The van der Waals surface area contributed by atoms with Gasteiger partial charge in [-0.25, -0.2) is 9.79 Å². The van der Waals surface area contributed by atoms with E-state index in [2.05, 4.69) is 6.07 Å². The molecule has 8 nitrogen and oxygen atoms in total. The van der Waals surface area contributed by atoms with Crippen molar-refractivity contribution in [2.45, 2.75) is 19.6 Å². The Morgan fingerprint density at radius 1 is 0.940 bits per heavy atom. The number of benzene rings is 5. The third-order valence-electron chi connectivity index (χ3n) is 8.51. The number of aromatic nitrogens is 1. The van der Waals surface area contributed by atoms with Crippen molar-refractivity contribution in [1.82, 2.24) is 4.57 Å². The maximum atomic E-state index is 14.5. The number of methoxy groups -OCH3 is 1. The molecule has 2 heterocycles. The first-order valence-electron chi connectivity index (χ1n) is 16.1. The number of hydrogen-bond donors (Lipinski definition) is 0. The SMILES string of the molecule is CCOC(=O)C1=C(c2ccccc2)N=c2s/c(=C\c3ccc(OCc4ccccc4C#N)cc3)c(=O)n2C1c1c(OC)ccc2ccccc12. The van der Waals surface area contributed by atoms with E-state index in [1.165, 1.54) is 11.3 Å². The first kappa shape index (κ1) is 32.3. The van der Waals surface area contributed by atoms with Gasteiger partial charge in [-0.1, -0.05) is 102 Å². The monoisotopic (exact) mass is 677 g/mol. The largest absolute Gasteiger partial charge is 0.496 e. The molecule has 1 aliphatic heterocycles. The molecule has 5 aromatic carbocycles. The second-order valence-electron chi connectivity index (χ2n) is 11.5. The van der Waals surface area contributed by atoms with E-state index in [0.29, 0.717) is 37.7 Å². The third kappa shape index (κ3) is 6.09. The molecule has 0 spiro atoms. The van der Waals surface area contributed by atoms with Crippen LogP contribution in [-0.2, 0) is 16.1 Å². The average Bonchev–Trinajstić information content (AvgIpc) is 3.47. The van der Waals surface area contributed by atoms with E-state index in [-0.39, 0.29) is 24.3 Å². The Morgan fingerprint density at radius 3 is 2.44 bits per heavy atom. The Morgan fingerprint density at radius 2 is 1.68 bits per heavy atom. The number of nitriles is 1. The number of rotatable bonds is 9. The minimum Gasteiger partial charge on any atom is -0.496 e. The molecule has 0 bridgehead atoms. The summed E-state index contributed by atoms with van der Waals surface area (Å²) in [6.07, 6.45) is 1.81. The molecule has 1 unspecified atom stereocenters. The summed E-state index contributed by atoms with van der Waals surface area (Å²) >= 11 is 1.25. The Hall–Kier alpha value is -6.24. The second-order valence-corrected chi connectivity index (χ2v) is 12.5. The summed E-state index contributed by atoms with van der Waals surface area (Å²) in [6.45, 7) is 2.16. The predicted molar refractivity (Wildman–Crippen MR) is 193 cm³/mol. The van der Waals surface area contributed by atoms with Gasteiger partial charge in [0, 0.05) is 16.7 Å². The van der Waals surface area contributed by atoms with Crippen LogP contribution >= 0.6 is 11.3 Å². The van der Waals surface area contributed by atoms with Crippen LogP contribution in [0.4, 0.5) is 0 Å². The zero-order valence-corrected chi connectivity index (χ0v) is 28.1. The zero-order valence-electron chi connectivity index (χ0n) is 27.3. The molecule has 50 heavy (non-hydrogen) atoms. The van der Waals surface area contributed by atoms with E-state index in [9.17, 15) is 14.9 Å². The normalized spacial score (nSPS) is 14.1. The van der Waals surface area contributed by atoms with Crippen molar-refractivity contribution in [3.05, 3.63) is 168 Å². The summed E-state index contributed by atoms with van der Waals surface area (Å²) in [5, 5.41) is 11.2. The number of carbonyl (C=O) groups excluding carboxylic acids is 1. The van der Waals surface area contributed by atoms with Crippen LogP contribution in [0.2, 0.25) is 0 Å². The lowest BCUT2D eigenvalue weighted by Gasteiger charge is -2.28. The number of esters is 1. The molecule has 9 heteroatoms. The molecule has 6 aromatic rings. The summed E-state index contributed by atoms with van der Waals surface area (Å²) in [4.78, 5) is 33.9. The van der Waals surface area contributed by atoms with Crippen molar-refractivity contribution >= 4 is 39.9 Å². The van der Waals surface area contributed by atoms with Gasteiger partial charge in [-0.3, -0.25) is 9.36 Å². The highest BCUT2D eigenvalue weighted by molar-refractivity contribution is 7.07. The van der Waals surface area contributed by atoms with Gasteiger partial charge in [0.15, 0.2) is 4.80 Å². The fraction of sp³-hybridized carbons (Fsp3) is 0.122. The molecule has 0 aliphatic carbocycles. The molecule has 246 valence electrons.